The second-order valence-electron chi connectivity index (χ2n) is 16.7. The number of rotatable bonds is 9. The van der Waals surface area contributed by atoms with Crippen LogP contribution in [0.25, 0.3) is 10.2 Å². The summed E-state index contributed by atoms with van der Waals surface area (Å²) in [6.07, 6.45) is -2.14. The van der Waals surface area contributed by atoms with Crippen molar-refractivity contribution in [1.29, 1.82) is 0 Å². The largest absolute Gasteiger partial charge is 0.508 e. The number of fused-ring (bicyclic) bond motifs is 4. The number of amides is 5. The number of thiazole rings is 1. The number of nitro groups is 1. The number of esters is 1. The number of anilines is 2. The van der Waals surface area contributed by atoms with Gasteiger partial charge < -0.3 is 30.9 Å². The van der Waals surface area contributed by atoms with E-state index in [-0.39, 0.29) is 34.4 Å². The van der Waals surface area contributed by atoms with E-state index in [1.165, 1.54) is 53.8 Å². The molecule has 1 aromatic heterocycles. The first-order valence-corrected chi connectivity index (χ1v) is 22.7. The second kappa shape index (κ2) is 18.3. The highest BCUT2D eigenvalue weighted by Gasteiger charge is 2.76. The summed E-state index contributed by atoms with van der Waals surface area (Å²) in [5, 5.41) is 27.7. The van der Waals surface area contributed by atoms with Gasteiger partial charge in [-0.25, -0.2) is 19.5 Å². The highest BCUT2D eigenvalue weighted by molar-refractivity contribution is 7.22. The Kier molecular flexibility index (Phi) is 11.7. The standard InChI is InChI=1S/C52H39N7O10S/c53-49(64)54-27-9-10-30-19-26-39-37(28-30)52(48(63)57(39)51(65)68-29-31-17-22-35(23-18-31)59(66)67)41(46(61)56-50-55-38-15-7-8-16-40(38)70-50)43-47(62)69-44(33-13-5-2-6-14-33)42(32-11-3-1-4-12-32)58(43)45(52)34-20-24-36(60)25-21-34/h1-8,11-26,28,41-45,60H,27,29H2,(H3,53,54,64)(H,55,56,61). The predicted molar refractivity (Wildman–Crippen MR) is 256 cm³/mol. The number of phenolic OH excluding ortho intramolecular Hbond substituents is 1. The SMILES string of the molecule is NC(=O)NCC#Cc1ccc2c(c1)C1(C(=O)N2C(=O)OCc2ccc([N+](=O)[O-])cc2)C(C(=O)Nc2nc3ccccc3s2)C2C(=O)OC(c3ccccc3)C(c3ccccc3)N2C1c1ccc(O)cc1. The number of carbonyl (C=O) groups excluding carboxylic acids is 5. The first-order valence-electron chi connectivity index (χ1n) is 21.9. The van der Waals surface area contributed by atoms with Crippen molar-refractivity contribution in [3.8, 4) is 17.6 Å². The number of imide groups is 1. The summed E-state index contributed by atoms with van der Waals surface area (Å²) in [6.45, 7) is -0.541. The molecule has 7 aromatic rings. The van der Waals surface area contributed by atoms with Crippen molar-refractivity contribution in [2.75, 3.05) is 16.8 Å². The van der Waals surface area contributed by atoms with Crippen LogP contribution in [-0.2, 0) is 35.9 Å². The van der Waals surface area contributed by atoms with E-state index in [2.05, 4.69) is 27.5 Å². The number of nitrogens with zero attached hydrogens (tertiary/aromatic N) is 4. The molecule has 10 rings (SSSR count). The lowest BCUT2D eigenvalue weighted by molar-refractivity contribution is -0.384. The van der Waals surface area contributed by atoms with Crippen LogP contribution in [0.15, 0.2) is 152 Å². The number of nitrogens with two attached hydrogens (primary N) is 1. The Morgan fingerprint density at radius 3 is 2.23 bits per heavy atom. The molecule has 0 aliphatic carbocycles. The molecule has 3 aliphatic heterocycles. The number of hydrogen-bond acceptors (Lipinski definition) is 13. The normalized spacial score (nSPS) is 21.3. The zero-order valence-corrected chi connectivity index (χ0v) is 37.4. The summed E-state index contributed by atoms with van der Waals surface area (Å²) in [4.78, 5) is 92.1. The fraction of sp³-hybridized carbons (Fsp3) is 0.154. The Morgan fingerprint density at radius 1 is 0.857 bits per heavy atom. The van der Waals surface area contributed by atoms with E-state index in [0.717, 1.165) is 9.60 Å². The van der Waals surface area contributed by atoms with Crippen molar-refractivity contribution >= 4 is 68.0 Å². The van der Waals surface area contributed by atoms with E-state index in [1.807, 2.05) is 77.7 Å². The first kappa shape index (κ1) is 44.9. The topological polar surface area (TPSA) is 237 Å². The monoisotopic (exact) mass is 953 g/mol. The maximum absolute atomic E-state index is 16.4. The minimum absolute atomic E-state index is 0.0187. The van der Waals surface area contributed by atoms with E-state index in [0.29, 0.717) is 33.3 Å². The second-order valence-corrected chi connectivity index (χ2v) is 17.7. The summed E-state index contributed by atoms with van der Waals surface area (Å²) in [5.41, 5.74) is 6.04. The lowest BCUT2D eigenvalue weighted by Gasteiger charge is -2.46. The molecule has 70 heavy (non-hydrogen) atoms. The fourth-order valence-corrected chi connectivity index (χ4v) is 10.8. The molecule has 4 heterocycles. The van der Waals surface area contributed by atoms with Crippen molar-refractivity contribution in [2.45, 2.75) is 36.3 Å². The fourth-order valence-electron chi connectivity index (χ4n) is 9.93. The summed E-state index contributed by atoms with van der Waals surface area (Å²) in [5.74, 6) is 1.50. The van der Waals surface area contributed by atoms with Gasteiger partial charge in [0.25, 0.3) is 5.69 Å². The number of para-hydroxylation sites is 1. The highest BCUT2D eigenvalue weighted by atomic mass is 32.1. The van der Waals surface area contributed by atoms with E-state index in [1.54, 1.807) is 36.4 Å². The number of cyclic esters (lactones) is 1. The third-order valence-electron chi connectivity index (χ3n) is 12.7. The van der Waals surface area contributed by atoms with Gasteiger partial charge in [0.15, 0.2) is 5.13 Å². The summed E-state index contributed by atoms with van der Waals surface area (Å²) >= 11 is 1.19. The molecular weight excluding hydrogens is 915 g/mol. The third-order valence-corrected chi connectivity index (χ3v) is 13.7. The average Bonchev–Trinajstić information content (AvgIpc) is 4.01. The van der Waals surface area contributed by atoms with Crippen molar-refractivity contribution < 1.29 is 43.5 Å². The zero-order chi connectivity index (χ0) is 48.7. The molecule has 5 N–H and O–H groups in total. The number of benzene rings is 6. The van der Waals surface area contributed by atoms with Gasteiger partial charge in [-0.2, -0.15) is 0 Å². The predicted octanol–water partition coefficient (Wildman–Crippen LogP) is 7.57. The number of nitrogens with one attached hydrogen (secondary N) is 2. The van der Waals surface area contributed by atoms with Gasteiger partial charge in [0.05, 0.1) is 45.4 Å². The molecular formula is C52H39N7O10S. The maximum Gasteiger partial charge on any atom is 0.421 e. The number of ether oxygens (including phenoxy) is 2. The number of carbonyl (C=O) groups is 5. The van der Waals surface area contributed by atoms with Crippen LogP contribution < -0.4 is 21.3 Å². The number of urea groups is 1. The minimum Gasteiger partial charge on any atom is -0.508 e. The van der Waals surface area contributed by atoms with Gasteiger partial charge in [-0.05, 0) is 82.4 Å². The number of aromatic nitrogens is 1. The van der Waals surface area contributed by atoms with Crippen LogP contribution in [0.4, 0.5) is 26.1 Å². The Morgan fingerprint density at radius 2 is 1.54 bits per heavy atom. The number of non-ortho nitro benzene ring substituents is 1. The quantitative estimate of drug-likeness (QED) is 0.0475. The molecule has 2 saturated heterocycles. The van der Waals surface area contributed by atoms with Gasteiger partial charge in [0, 0.05) is 17.7 Å². The van der Waals surface area contributed by atoms with E-state index in [4.69, 9.17) is 15.2 Å². The molecule has 6 aromatic carbocycles. The van der Waals surface area contributed by atoms with Gasteiger partial charge in [-0.15, -0.1) is 0 Å². The smallest absolute Gasteiger partial charge is 0.421 e. The van der Waals surface area contributed by atoms with Crippen LogP contribution in [0.3, 0.4) is 0 Å². The van der Waals surface area contributed by atoms with Gasteiger partial charge in [0.2, 0.25) is 11.8 Å². The van der Waals surface area contributed by atoms with E-state index >= 15 is 14.4 Å². The Bertz CT molecular complexity index is 3260. The van der Waals surface area contributed by atoms with Crippen molar-refractivity contribution in [3.05, 3.63) is 195 Å². The average molecular weight is 954 g/mol. The van der Waals surface area contributed by atoms with Gasteiger partial charge in [0.1, 0.15) is 29.9 Å². The van der Waals surface area contributed by atoms with Crippen LogP contribution in [0.5, 0.6) is 5.75 Å². The number of hydrogen-bond donors (Lipinski definition) is 4. The molecule has 0 radical (unpaired) electrons. The van der Waals surface area contributed by atoms with Crippen LogP contribution >= 0.6 is 11.3 Å². The summed E-state index contributed by atoms with van der Waals surface area (Å²) in [6, 6.07) is 37.2. The summed E-state index contributed by atoms with van der Waals surface area (Å²) < 4.78 is 13.1. The Hall–Kier alpha value is -8.92. The molecule has 1 spiro atoms. The van der Waals surface area contributed by atoms with Crippen LogP contribution in [0.2, 0.25) is 0 Å². The number of nitro benzene ring substituents is 1. The van der Waals surface area contributed by atoms with Crippen molar-refractivity contribution in [1.82, 2.24) is 15.2 Å². The molecule has 0 saturated carbocycles. The molecule has 6 atom stereocenters. The van der Waals surface area contributed by atoms with Gasteiger partial charge >= 0.3 is 18.1 Å². The molecule has 18 heteroatoms. The maximum atomic E-state index is 16.4. The third kappa shape index (κ3) is 7.88. The lowest BCUT2D eigenvalue weighted by Crippen LogP contribution is -2.54. The summed E-state index contributed by atoms with van der Waals surface area (Å²) in [7, 11) is 0. The van der Waals surface area contributed by atoms with Gasteiger partial charge in [-0.1, -0.05) is 108 Å². The van der Waals surface area contributed by atoms with E-state index < -0.39 is 77.0 Å². The van der Waals surface area contributed by atoms with E-state index in [9.17, 15) is 24.8 Å². The number of phenols is 1. The number of morpholine rings is 1. The molecule has 5 amide bonds. The highest BCUT2D eigenvalue weighted by Crippen LogP contribution is 2.66. The Labute approximate surface area is 402 Å². The molecule has 348 valence electrons. The van der Waals surface area contributed by atoms with Gasteiger partial charge in [-0.3, -0.25) is 29.4 Å². The first-order chi connectivity index (χ1) is 33.9. The lowest BCUT2D eigenvalue weighted by atomic mass is 9.65. The van der Waals surface area contributed by atoms with Crippen molar-refractivity contribution in [2.24, 2.45) is 11.7 Å². The molecule has 3 aliphatic rings. The molecule has 0 bridgehead atoms. The minimum atomic E-state index is -2.20. The Balaban J connectivity index is 1.22. The van der Waals surface area contributed by atoms with Crippen LogP contribution in [0.1, 0.15) is 51.6 Å². The van der Waals surface area contributed by atoms with Crippen LogP contribution in [-0.4, -0.2) is 62.4 Å². The molecule has 6 unspecified atom stereocenters. The molecule has 17 nitrogen and oxygen atoms in total. The number of aromatic hydroxyl groups is 1. The number of primary amides is 1. The zero-order valence-electron chi connectivity index (χ0n) is 36.6. The molecule has 2 fully saturated rings. The van der Waals surface area contributed by atoms with Crippen LogP contribution in [0, 0.1) is 27.9 Å². The van der Waals surface area contributed by atoms with Crippen molar-refractivity contribution in [3.63, 3.8) is 0 Å².